The van der Waals surface area contributed by atoms with E-state index in [1.165, 1.54) is 6.07 Å². The Morgan fingerprint density at radius 1 is 1.27 bits per heavy atom. The Kier molecular flexibility index (Phi) is 4.08. The van der Waals surface area contributed by atoms with Gasteiger partial charge in [0.2, 0.25) is 5.91 Å². The first-order chi connectivity index (χ1) is 10.5. The smallest absolute Gasteiger partial charge is 0.306 e. The Labute approximate surface area is 132 Å². The van der Waals surface area contributed by atoms with Crippen molar-refractivity contribution >= 4 is 23.5 Å². The fourth-order valence-corrected chi connectivity index (χ4v) is 3.62. The van der Waals surface area contributed by atoms with Crippen molar-refractivity contribution in [3.05, 3.63) is 34.6 Å². The first-order valence-corrected chi connectivity index (χ1v) is 7.82. The number of amides is 1. The van der Waals surface area contributed by atoms with Gasteiger partial charge in [0.25, 0.3) is 0 Å². The highest BCUT2D eigenvalue weighted by Crippen LogP contribution is 2.50. The summed E-state index contributed by atoms with van der Waals surface area (Å²) in [5.41, 5.74) is 0.416. The zero-order valence-corrected chi connectivity index (χ0v) is 12.6. The molecule has 118 valence electrons. The summed E-state index contributed by atoms with van der Waals surface area (Å²) in [7, 11) is 0. The maximum atomic E-state index is 13.8. The molecule has 22 heavy (non-hydrogen) atoms. The average molecular weight is 326 g/mol. The highest BCUT2D eigenvalue weighted by molar-refractivity contribution is 6.31. The number of carbonyl (C=O) groups is 2. The molecule has 6 heteroatoms. The Morgan fingerprint density at radius 3 is 2.68 bits per heavy atom. The van der Waals surface area contributed by atoms with Gasteiger partial charge in [0.15, 0.2) is 0 Å². The van der Waals surface area contributed by atoms with E-state index < -0.39 is 5.97 Å². The summed E-state index contributed by atoms with van der Waals surface area (Å²) in [6.07, 6.45) is 2.33. The van der Waals surface area contributed by atoms with Gasteiger partial charge in [-0.3, -0.25) is 9.59 Å². The average Bonchev–Trinajstić information content (AvgIpc) is 3.09. The van der Waals surface area contributed by atoms with Crippen molar-refractivity contribution in [2.75, 3.05) is 0 Å². The van der Waals surface area contributed by atoms with Gasteiger partial charge in [0.05, 0.1) is 5.92 Å². The molecule has 1 aromatic rings. The number of hydrogen-bond donors (Lipinski definition) is 2. The van der Waals surface area contributed by atoms with Crippen molar-refractivity contribution in [3.8, 4) is 0 Å². The Morgan fingerprint density at radius 2 is 2.05 bits per heavy atom. The highest BCUT2D eigenvalue weighted by atomic mass is 35.5. The van der Waals surface area contributed by atoms with Crippen LogP contribution in [-0.2, 0) is 9.59 Å². The molecule has 4 unspecified atom stereocenters. The van der Waals surface area contributed by atoms with Crippen LogP contribution in [0.25, 0.3) is 0 Å². The molecule has 0 spiro atoms. The molecule has 2 fully saturated rings. The summed E-state index contributed by atoms with van der Waals surface area (Å²) in [4.78, 5) is 23.1. The second-order valence-electron chi connectivity index (χ2n) is 6.14. The van der Waals surface area contributed by atoms with Crippen LogP contribution in [0, 0.1) is 17.7 Å². The highest BCUT2D eigenvalue weighted by Gasteiger charge is 2.47. The van der Waals surface area contributed by atoms with Crippen LogP contribution in [0.4, 0.5) is 4.39 Å². The first-order valence-electron chi connectivity index (χ1n) is 7.44. The van der Waals surface area contributed by atoms with E-state index in [1.54, 1.807) is 12.1 Å². The minimum atomic E-state index is -0.806. The third-order valence-electron chi connectivity index (χ3n) is 4.63. The van der Waals surface area contributed by atoms with Crippen molar-refractivity contribution in [2.24, 2.45) is 11.8 Å². The van der Waals surface area contributed by atoms with Gasteiger partial charge < -0.3 is 10.4 Å². The molecule has 1 amide bonds. The third-order valence-corrected chi connectivity index (χ3v) is 4.96. The number of aliphatic carboxylic acids is 1. The van der Waals surface area contributed by atoms with E-state index in [0.29, 0.717) is 36.3 Å². The lowest BCUT2D eigenvalue weighted by atomic mass is 10.1. The maximum absolute atomic E-state index is 13.8. The van der Waals surface area contributed by atoms with Gasteiger partial charge in [-0.1, -0.05) is 17.7 Å². The molecule has 2 saturated carbocycles. The SMILES string of the molecule is O=C(O)C1CCC(NC(=O)C2CC2c2c(F)cccc2Cl)C1. The Bertz CT molecular complexity index is 601. The quantitative estimate of drug-likeness (QED) is 0.894. The summed E-state index contributed by atoms with van der Waals surface area (Å²) >= 11 is 6.02. The normalized spacial score (nSPS) is 30.1. The number of nitrogens with one attached hydrogen (secondary N) is 1. The van der Waals surface area contributed by atoms with Crippen LogP contribution in [0.5, 0.6) is 0 Å². The summed E-state index contributed by atoms with van der Waals surface area (Å²) in [5, 5.41) is 12.2. The van der Waals surface area contributed by atoms with Crippen molar-refractivity contribution in [3.63, 3.8) is 0 Å². The van der Waals surface area contributed by atoms with E-state index >= 15 is 0 Å². The van der Waals surface area contributed by atoms with Crippen LogP contribution < -0.4 is 5.32 Å². The minimum Gasteiger partial charge on any atom is -0.481 e. The molecule has 0 aromatic heterocycles. The largest absolute Gasteiger partial charge is 0.481 e. The zero-order chi connectivity index (χ0) is 15.9. The molecule has 0 aliphatic heterocycles. The molecule has 4 atom stereocenters. The molecule has 0 heterocycles. The van der Waals surface area contributed by atoms with Crippen LogP contribution in [0.3, 0.4) is 0 Å². The van der Waals surface area contributed by atoms with E-state index in [4.69, 9.17) is 16.7 Å². The van der Waals surface area contributed by atoms with Gasteiger partial charge in [-0.15, -0.1) is 0 Å². The van der Waals surface area contributed by atoms with Gasteiger partial charge >= 0.3 is 5.97 Å². The Balaban J connectivity index is 1.59. The zero-order valence-electron chi connectivity index (χ0n) is 11.9. The van der Waals surface area contributed by atoms with Gasteiger partial charge in [0.1, 0.15) is 5.82 Å². The lowest BCUT2D eigenvalue weighted by Crippen LogP contribution is -2.34. The van der Waals surface area contributed by atoms with Gasteiger partial charge in [-0.05, 0) is 37.8 Å². The summed E-state index contributed by atoms with van der Waals surface area (Å²) < 4.78 is 13.8. The third kappa shape index (κ3) is 2.95. The number of carbonyl (C=O) groups excluding carboxylic acids is 1. The number of carboxylic acid groups (broad SMARTS) is 1. The molecule has 3 rings (SSSR count). The van der Waals surface area contributed by atoms with Crippen molar-refractivity contribution in [1.82, 2.24) is 5.32 Å². The van der Waals surface area contributed by atoms with Crippen LogP contribution >= 0.6 is 11.6 Å². The van der Waals surface area contributed by atoms with Gasteiger partial charge in [-0.25, -0.2) is 4.39 Å². The Hall–Kier alpha value is -1.62. The summed E-state index contributed by atoms with van der Waals surface area (Å²) in [5.74, 6) is -2.12. The number of rotatable bonds is 4. The standard InChI is InChI=1S/C16H17ClFNO3/c17-12-2-1-3-13(18)14(12)10-7-11(10)15(20)19-9-5-4-8(6-9)16(21)22/h1-3,8-11H,4-7H2,(H,19,20)(H,21,22). The molecular weight excluding hydrogens is 309 g/mol. The van der Waals surface area contributed by atoms with E-state index in [1.807, 2.05) is 0 Å². The van der Waals surface area contributed by atoms with Crippen molar-refractivity contribution < 1.29 is 19.1 Å². The monoisotopic (exact) mass is 325 g/mol. The molecular formula is C16H17ClFNO3. The molecule has 4 nitrogen and oxygen atoms in total. The predicted molar refractivity (Wildman–Crippen MR) is 79.2 cm³/mol. The first kappa shape index (κ1) is 15.3. The number of halogens is 2. The van der Waals surface area contributed by atoms with E-state index in [0.717, 1.165) is 0 Å². The number of hydrogen-bond acceptors (Lipinski definition) is 2. The number of carboxylic acids is 1. The second-order valence-corrected chi connectivity index (χ2v) is 6.54. The summed E-state index contributed by atoms with van der Waals surface area (Å²) in [6.45, 7) is 0. The topological polar surface area (TPSA) is 66.4 Å². The van der Waals surface area contributed by atoms with E-state index in [-0.39, 0.29) is 35.5 Å². The molecule has 0 saturated heterocycles. The van der Waals surface area contributed by atoms with Crippen LogP contribution in [-0.4, -0.2) is 23.0 Å². The van der Waals surface area contributed by atoms with Crippen LogP contribution in [0.2, 0.25) is 5.02 Å². The van der Waals surface area contributed by atoms with Crippen LogP contribution in [0.1, 0.15) is 37.2 Å². The predicted octanol–water partition coefficient (Wildman–Crippen LogP) is 2.95. The molecule has 2 N–H and O–H groups in total. The molecule has 0 radical (unpaired) electrons. The minimum absolute atomic E-state index is 0.0917. The number of benzene rings is 1. The van der Waals surface area contributed by atoms with Gasteiger partial charge in [-0.2, -0.15) is 0 Å². The maximum Gasteiger partial charge on any atom is 0.306 e. The van der Waals surface area contributed by atoms with Crippen molar-refractivity contribution in [1.29, 1.82) is 0 Å². The fraction of sp³-hybridized carbons (Fsp3) is 0.500. The van der Waals surface area contributed by atoms with Crippen LogP contribution in [0.15, 0.2) is 18.2 Å². The van der Waals surface area contributed by atoms with E-state index in [2.05, 4.69) is 5.32 Å². The van der Waals surface area contributed by atoms with Crippen molar-refractivity contribution in [2.45, 2.75) is 37.6 Å². The molecule has 2 aliphatic rings. The van der Waals surface area contributed by atoms with E-state index in [9.17, 15) is 14.0 Å². The lowest BCUT2D eigenvalue weighted by Gasteiger charge is -2.12. The fourth-order valence-electron chi connectivity index (χ4n) is 3.31. The lowest BCUT2D eigenvalue weighted by molar-refractivity contribution is -0.141. The molecule has 2 aliphatic carbocycles. The summed E-state index contributed by atoms with van der Waals surface area (Å²) in [6, 6.07) is 4.43. The molecule has 1 aromatic carbocycles. The molecule has 0 bridgehead atoms. The van der Waals surface area contributed by atoms with Gasteiger partial charge in [0, 0.05) is 28.5 Å². The second kappa shape index (κ2) is 5.88.